The summed E-state index contributed by atoms with van der Waals surface area (Å²) in [6, 6.07) is 10.5. The van der Waals surface area contributed by atoms with E-state index in [2.05, 4.69) is 10.6 Å². The second-order valence-electron chi connectivity index (χ2n) is 5.79. The predicted octanol–water partition coefficient (Wildman–Crippen LogP) is 3.15. The molecular weight excluding hydrogens is 308 g/mol. The number of carbonyl (C=O) groups is 1. The van der Waals surface area contributed by atoms with Crippen LogP contribution in [0.5, 0.6) is 0 Å². The quantitative estimate of drug-likeness (QED) is 0.727. The first-order valence-electron chi connectivity index (χ1n) is 7.92. The largest absolute Gasteiger partial charge is 0.463 e. The van der Waals surface area contributed by atoms with E-state index in [-0.39, 0.29) is 6.54 Å². The van der Waals surface area contributed by atoms with Gasteiger partial charge in [-0.2, -0.15) is 0 Å². The van der Waals surface area contributed by atoms with Gasteiger partial charge in [0.15, 0.2) is 0 Å². The molecule has 2 aromatic rings. The lowest BCUT2D eigenvalue weighted by Gasteiger charge is -2.21. The van der Waals surface area contributed by atoms with Crippen LogP contribution in [0.1, 0.15) is 30.9 Å². The summed E-state index contributed by atoms with van der Waals surface area (Å²) in [4.78, 5) is 12.1. The normalized spacial score (nSPS) is 13.3. The Morgan fingerprint density at radius 1 is 1.29 bits per heavy atom. The van der Waals surface area contributed by atoms with E-state index in [0.717, 1.165) is 5.56 Å². The maximum atomic E-state index is 12.1. The van der Waals surface area contributed by atoms with Gasteiger partial charge in [0.25, 0.3) is 0 Å². The Morgan fingerprint density at radius 2 is 2.04 bits per heavy atom. The van der Waals surface area contributed by atoms with Crippen LogP contribution in [0.4, 0.5) is 10.5 Å². The number of aliphatic hydroxyl groups is 1. The molecule has 24 heavy (non-hydrogen) atoms. The molecule has 0 saturated carbocycles. The number of rotatable bonds is 7. The Kier molecular flexibility index (Phi) is 6.00. The Balaban J connectivity index is 1.94. The summed E-state index contributed by atoms with van der Waals surface area (Å²) in [5, 5.41) is 15.9. The summed E-state index contributed by atoms with van der Waals surface area (Å²) in [5.41, 5.74) is 0.288. The number of urea groups is 1. The number of hydrogen-bond acceptors (Lipinski definition) is 4. The number of furan rings is 1. The van der Waals surface area contributed by atoms with Crippen LogP contribution >= 0.6 is 0 Å². The molecule has 0 spiro atoms. The van der Waals surface area contributed by atoms with Crippen LogP contribution in [0, 0.1) is 6.92 Å². The van der Waals surface area contributed by atoms with Crippen molar-refractivity contribution in [2.75, 3.05) is 18.5 Å². The molecule has 6 heteroatoms. The van der Waals surface area contributed by atoms with E-state index in [1.54, 1.807) is 26.0 Å². The van der Waals surface area contributed by atoms with Crippen LogP contribution < -0.4 is 10.6 Å². The van der Waals surface area contributed by atoms with Gasteiger partial charge in [0.2, 0.25) is 0 Å². The smallest absolute Gasteiger partial charge is 0.319 e. The van der Waals surface area contributed by atoms with Crippen molar-refractivity contribution >= 4 is 11.7 Å². The van der Waals surface area contributed by atoms with E-state index in [9.17, 15) is 9.90 Å². The van der Waals surface area contributed by atoms with Crippen LogP contribution in [0.2, 0.25) is 0 Å². The molecule has 0 aliphatic rings. The van der Waals surface area contributed by atoms with Gasteiger partial charge < -0.3 is 24.9 Å². The van der Waals surface area contributed by atoms with Crippen molar-refractivity contribution < 1.29 is 19.1 Å². The fraction of sp³-hybridized carbons (Fsp3) is 0.389. The highest BCUT2D eigenvalue weighted by Crippen LogP contribution is 2.22. The Bertz CT molecular complexity index is 679. The number of nitrogens with one attached hydrogen (secondary N) is 2. The van der Waals surface area contributed by atoms with Gasteiger partial charge in [-0.05, 0) is 39.0 Å². The molecule has 1 heterocycles. The standard InChI is InChI=1S/C18H24N2O4/c1-4-23-11-14-7-5-6-8-15(14)20-17(21)19-12-18(3,22)16-10-9-13(2)24-16/h5-10,22H,4,11-12H2,1-3H3,(H2,19,20,21). The Morgan fingerprint density at radius 3 is 2.71 bits per heavy atom. The maximum absolute atomic E-state index is 12.1. The monoisotopic (exact) mass is 332 g/mol. The summed E-state index contributed by atoms with van der Waals surface area (Å²) in [5.74, 6) is 1.12. The van der Waals surface area contributed by atoms with Crippen molar-refractivity contribution in [3.05, 3.63) is 53.5 Å². The topological polar surface area (TPSA) is 83.7 Å². The van der Waals surface area contributed by atoms with E-state index in [4.69, 9.17) is 9.15 Å². The fourth-order valence-corrected chi connectivity index (χ4v) is 2.21. The van der Waals surface area contributed by atoms with Crippen molar-refractivity contribution in [3.63, 3.8) is 0 Å². The maximum Gasteiger partial charge on any atom is 0.319 e. The van der Waals surface area contributed by atoms with E-state index < -0.39 is 11.6 Å². The molecule has 1 aromatic heterocycles. The van der Waals surface area contributed by atoms with E-state index in [1.165, 1.54) is 0 Å². The van der Waals surface area contributed by atoms with Crippen molar-refractivity contribution in [3.8, 4) is 0 Å². The number of para-hydroxylation sites is 1. The van der Waals surface area contributed by atoms with Crippen molar-refractivity contribution in [1.29, 1.82) is 0 Å². The zero-order valence-electron chi connectivity index (χ0n) is 14.3. The number of ether oxygens (including phenoxy) is 1. The number of benzene rings is 1. The van der Waals surface area contributed by atoms with E-state index >= 15 is 0 Å². The third kappa shape index (κ3) is 4.84. The molecule has 2 amide bonds. The molecule has 0 aliphatic heterocycles. The molecule has 0 radical (unpaired) electrons. The predicted molar refractivity (Wildman–Crippen MR) is 91.8 cm³/mol. The molecule has 0 saturated heterocycles. The molecule has 1 aromatic carbocycles. The third-order valence-electron chi connectivity index (χ3n) is 3.59. The van der Waals surface area contributed by atoms with Gasteiger partial charge in [0, 0.05) is 17.9 Å². The van der Waals surface area contributed by atoms with Crippen LogP contribution in [-0.2, 0) is 16.9 Å². The van der Waals surface area contributed by atoms with E-state index in [0.29, 0.717) is 30.4 Å². The van der Waals surface area contributed by atoms with Crippen molar-refractivity contribution in [2.45, 2.75) is 33.0 Å². The second-order valence-corrected chi connectivity index (χ2v) is 5.79. The molecule has 0 bridgehead atoms. The van der Waals surface area contributed by atoms with Gasteiger partial charge in [-0.1, -0.05) is 18.2 Å². The lowest BCUT2D eigenvalue weighted by molar-refractivity contribution is 0.0364. The first-order chi connectivity index (χ1) is 11.4. The van der Waals surface area contributed by atoms with Crippen LogP contribution in [0.15, 0.2) is 40.8 Å². The molecule has 0 fully saturated rings. The first kappa shape index (κ1) is 18.0. The van der Waals surface area contributed by atoms with Gasteiger partial charge in [-0.3, -0.25) is 0 Å². The Hall–Kier alpha value is -2.31. The molecule has 1 unspecified atom stereocenters. The number of anilines is 1. The summed E-state index contributed by atoms with van der Waals surface area (Å²) in [7, 11) is 0. The van der Waals surface area contributed by atoms with Gasteiger partial charge in [0.05, 0.1) is 13.2 Å². The summed E-state index contributed by atoms with van der Waals surface area (Å²) in [6.07, 6.45) is 0. The van der Waals surface area contributed by atoms with Gasteiger partial charge in [-0.15, -0.1) is 0 Å². The van der Waals surface area contributed by atoms with Crippen molar-refractivity contribution in [1.82, 2.24) is 5.32 Å². The molecule has 1 atom stereocenters. The average Bonchev–Trinajstić information content (AvgIpc) is 3.00. The van der Waals surface area contributed by atoms with E-state index in [1.807, 2.05) is 31.2 Å². The summed E-state index contributed by atoms with van der Waals surface area (Å²) >= 11 is 0. The highest BCUT2D eigenvalue weighted by atomic mass is 16.5. The summed E-state index contributed by atoms with van der Waals surface area (Å²) < 4.78 is 10.8. The minimum Gasteiger partial charge on any atom is -0.463 e. The summed E-state index contributed by atoms with van der Waals surface area (Å²) in [6.45, 7) is 6.37. The number of hydrogen-bond donors (Lipinski definition) is 3. The zero-order valence-corrected chi connectivity index (χ0v) is 14.3. The molecule has 3 N–H and O–H groups in total. The molecule has 2 rings (SSSR count). The number of carbonyl (C=O) groups excluding carboxylic acids is 1. The van der Waals surface area contributed by atoms with Crippen LogP contribution in [-0.4, -0.2) is 24.3 Å². The Labute approximate surface area is 141 Å². The number of aryl methyl sites for hydroxylation is 1. The van der Waals surface area contributed by atoms with Gasteiger partial charge in [0.1, 0.15) is 17.1 Å². The second kappa shape index (κ2) is 7.99. The van der Waals surface area contributed by atoms with Gasteiger partial charge >= 0.3 is 6.03 Å². The highest BCUT2D eigenvalue weighted by molar-refractivity contribution is 5.90. The van der Waals surface area contributed by atoms with Gasteiger partial charge in [-0.25, -0.2) is 4.79 Å². The molecule has 0 aliphatic carbocycles. The highest BCUT2D eigenvalue weighted by Gasteiger charge is 2.27. The first-order valence-corrected chi connectivity index (χ1v) is 7.92. The van der Waals surface area contributed by atoms with Crippen LogP contribution in [0.25, 0.3) is 0 Å². The van der Waals surface area contributed by atoms with Crippen molar-refractivity contribution in [2.24, 2.45) is 0 Å². The fourth-order valence-electron chi connectivity index (χ4n) is 2.21. The third-order valence-corrected chi connectivity index (χ3v) is 3.59. The molecule has 6 nitrogen and oxygen atoms in total. The number of amides is 2. The minimum atomic E-state index is -1.28. The SMILES string of the molecule is CCOCc1ccccc1NC(=O)NCC(C)(O)c1ccc(C)o1. The molecule has 130 valence electrons. The van der Waals surface area contributed by atoms with Crippen LogP contribution in [0.3, 0.4) is 0 Å². The lowest BCUT2D eigenvalue weighted by Crippen LogP contribution is -2.40. The molecular formula is C18H24N2O4. The lowest BCUT2D eigenvalue weighted by atomic mass is 10.0. The minimum absolute atomic E-state index is 0.0272. The average molecular weight is 332 g/mol. The zero-order chi connectivity index (χ0) is 17.6.